The molecule has 0 aliphatic carbocycles. The van der Waals surface area contributed by atoms with Crippen LogP contribution >= 0.6 is 11.6 Å². The first-order chi connectivity index (χ1) is 14.4. The van der Waals surface area contributed by atoms with E-state index in [2.05, 4.69) is 12.2 Å². The van der Waals surface area contributed by atoms with Crippen molar-refractivity contribution >= 4 is 29.3 Å². The van der Waals surface area contributed by atoms with Crippen molar-refractivity contribution in [3.63, 3.8) is 0 Å². The predicted molar refractivity (Wildman–Crippen MR) is 116 cm³/mol. The van der Waals surface area contributed by atoms with E-state index in [4.69, 9.17) is 11.6 Å². The summed E-state index contributed by atoms with van der Waals surface area (Å²) < 4.78 is 0. The van der Waals surface area contributed by atoms with Crippen LogP contribution in [0, 0.1) is 5.92 Å². The van der Waals surface area contributed by atoms with Gasteiger partial charge in [-0.1, -0.05) is 61.0 Å². The number of hydrogen-bond donors (Lipinski definition) is 1. The molecule has 6 heteroatoms. The summed E-state index contributed by atoms with van der Waals surface area (Å²) in [5.74, 6) is -0.184. The Bertz CT molecular complexity index is 986. The molecule has 156 valence electrons. The van der Waals surface area contributed by atoms with E-state index < -0.39 is 5.92 Å². The van der Waals surface area contributed by atoms with Crippen molar-refractivity contribution in [2.24, 2.45) is 5.92 Å². The van der Waals surface area contributed by atoms with Gasteiger partial charge in [0.1, 0.15) is 0 Å². The molecule has 2 atom stereocenters. The molecule has 0 spiro atoms. The smallest absolute Gasteiger partial charge is 0.234 e. The fourth-order valence-electron chi connectivity index (χ4n) is 4.29. The molecule has 2 unspecified atom stereocenters. The van der Waals surface area contributed by atoms with Crippen molar-refractivity contribution in [1.82, 2.24) is 10.2 Å². The minimum atomic E-state index is -0.415. The highest BCUT2D eigenvalue weighted by molar-refractivity contribution is 6.34. The Morgan fingerprint density at radius 3 is 2.53 bits per heavy atom. The topological polar surface area (TPSA) is 66.5 Å². The lowest BCUT2D eigenvalue weighted by atomic mass is 9.88. The average Bonchev–Trinajstić information content (AvgIpc) is 2.72. The minimum Gasteiger partial charge on any atom is -0.338 e. The van der Waals surface area contributed by atoms with Crippen molar-refractivity contribution in [3.8, 4) is 11.1 Å². The number of imide groups is 1. The van der Waals surface area contributed by atoms with Crippen molar-refractivity contribution in [2.45, 2.75) is 45.1 Å². The summed E-state index contributed by atoms with van der Waals surface area (Å²) in [5, 5.41) is 2.94. The van der Waals surface area contributed by atoms with Gasteiger partial charge in [-0.05, 0) is 35.4 Å². The first-order valence-corrected chi connectivity index (χ1v) is 10.8. The third-order valence-electron chi connectivity index (χ3n) is 6.02. The zero-order valence-electron chi connectivity index (χ0n) is 17.0. The fraction of sp³-hybridized carbons (Fsp3) is 0.375. The number of carbonyl (C=O) groups excluding carboxylic acids is 3. The molecule has 30 heavy (non-hydrogen) atoms. The van der Waals surface area contributed by atoms with Crippen molar-refractivity contribution in [1.29, 1.82) is 0 Å². The van der Waals surface area contributed by atoms with Gasteiger partial charge in [0.2, 0.25) is 17.7 Å². The Hall–Kier alpha value is -2.66. The number of likely N-dealkylation sites (tertiary alicyclic amines) is 1. The van der Waals surface area contributed by atoms with E-state index in [0.717, 1.165) is 35.2 Å². The van der Waals surface area contributed by atoms with Crippen LogP contribution in [0.3, 0.4) is 0 Å². The van der Waals surface area contributed by atoms with Gasteiger partial charge in [0.25, 0.3) is 0 Å². The summed E-state index contributed by atoms with van der Waals surface area (Å²) in [7, 11) is 0. The molecule has 2 heterocycles. The molecule has 0 radical (unpaired) electrons. The highest BCUT2D eigenvalue weighted by Crippen LogP contribution is 2.37. The molecule has 5 nitrogen and oxygen atoms in total. The molecule has 0 saturated carbocycles. The van der Waals surface area contributed by atoms with E-state index in [-0.39, 0.29) is 17.7 Å². The summed E-state index contributed by atoms with van der Waals surface area (Å²) in [4.78, 5) is 37.8. The van der Waals surface area contributed by atoms with E-state index in [9.17, 15) is 14.4 Å². The number of hydrogen-bond acceptors (Lipinski definition) is 3. The van der Waals surface area contributed by atoms with Gasteiger partial charge >= 0.3 is 0 Å². The summed E-state index contributed by atoms with van der Waals surface area (Å²) in [5.41, 5.74) is 3.64. The summed E-state index contributed by atoms with van der Waals surface area (Å²) in [6, 6.07) is 13.7. The van der Waals surface area contributed by atoms with Crippen LogP contribution in [0.1, 0.15) is 49.7 Å². The Labute approximate surface area is 181 Å². The van der Waals surface area contributed by atoms with E-state index in [1.165, 1.54) is 0 Å². The molecule has 2 fully saturated rings. The van der Waals surface area contributed by atoms with Crippen LogP contribution < -0.4 is 5.32 Å². The first-order valence-electron chi connectivity index (χ1n) is 10.4. The Morgan fingerprint density at radius 2 is 1.80 bits per heavy atom. The van der Waals surface area contributed by atoms with Crippen molar-refractivity contribution in [2.75, 3.05) is 6.54 Å². The molecule has 2 aromatic rings. The number of amides is 3. The van der Waals surface area contributed by atoms with Gasteiger partial charge in [-0.2, -0.15) is 0 Å². The highest BCUT2D eigenvalue weighted by Gasteiger charge is 2.30. The van der Waals surface area contributed by atoms with Gasteiger partial charge in [-0.15, -0.1) is 0 Å². The molecular formula is C24H25ClN2O3. The lowest BCUT2D eigenvalue weighted by molar-refractivity contribution is -0.135. The minimum absolute atomic E-state index is 0.220. The van der Waals surface area contributed by atoms with Crippen LogP contribution in [-0.4, -0.2) is 29.2 Å². The Morgan fingerprint density at radius 1 is 1.03 bits per heavy atom. The van der Waals surface area contributed by atoms with E-state index in [0.29, 0.717) is 36.7 Å². The van der Waals surface area contributed by atoms with Gasteiger partial charge in [-0.3, -0.25) is 19.7 Å². The molecule has 2 aliphatic rings. The third kappa shape index (κ3) is 4.26. The number of halogens is 1. The lowest BCUT2D eigenvalue weighted by Gasteiger charge is -2.31. The number of rotatable bonds is 4. The maximum Gasteiger partial charge on any atom is 0.234 e. The molecule has 0 aromatic heterocycles. The standard InChI is InChI=1S/C24H25ClN2O3/c1-15-5-12-22(29)27(13-15)14-16-6-8-17(9-7-16)18-3-2-4-19(23(18)25)20-10-11-21(28)26-24(20)30/h2-4,6-9,15,20H,5,10-14H2,1H3,(H,26,28,30). The van der Waals surface area contributed by atoms with Crippen LogP contribution in [0.2, 0.25) is 5.02 Å². The average molecular weight is 425 g/mol. The van der Waals surface area contributed by atoms with Gasteiger partial charge in [-0.25, -0.2) is 0 Å². The molecule has 2 aromatic carbocycles. The Kier molecular flexibility index (Phi) is 5.91. The highest BCUT2D eigenvalue weighted by atomic mass is 35.5. The van der Waals surface area contributed by atoms with Crippen LogP contribution in [0.4, 0.5) is 0 Å². The second-order valence-electron chi connectivity index (χ2n) is 8.33. The zero-order valence-corrected chi connectivity index (χ0v) is 17.7. The molecule has 0 bridgehead atoms. The third-order valence-corrected chi connectivity index (χ3v) is 6.44. The van der Waals surface area contributed by atoms with Gasteiger partial charge in [0, 0.05) is 31.5 Å². The fourth-order valence-corrected chi connectivity index (χ4v) is 4.66. The normalized spacial score (nSPS) is 22.2. The maximum absolute atomic E-state index is 12.3. The maximum atomic E-state index is 12.3. The second kappa shape index (κ2) is 8.60. The van der Waals surface area contributed by atoms with Crippen LogP contribution in [0.15, 0.2) is 42.5 Å². The van der Waals surface area contributed by atoms with Crippen LogP contribution in [-0.2, 0) is 20.9 Å². The predicted octanol–water partition coefficient (Wildman–Crippen LogP) is 4.29. The molecule has 2 saturated heterocycles. The lowest BCUT2D eigenvalue weighted by Crippen LogP contribution is -2.39. The first kappa shape index (κ1) is 20.6. The SMILES string of the molecule is CC1CCC(=O)N(Cc2ccc(-c3cccc(C4CCC(=O)NC4=O)c3Cl)cc2)C1. The monoisotopic (exact) mass is 424 g/mol. The largest absolute Gasteiger partial charge is 0.338 e. The van der Waals surface area contributed by atoms with Crippen LogP contribution in [0.25, 0.3) is 11.1 Å². The van der Waals surface area contributed by atoms with E-state index in [1.54, 1.807) is 0 Å². The number of nitrogens with one attached hydrogen (secondary N) is 1. The zero-order chi connectivity index (χ0) is 21.3. The van der Waals surface area contributed by atoms with Crippen molar-refractivity contribution in [3.05, 3.63) is 58.6 Å². The number of carbonyl (C=O) groups is 3. The molecule has 4 rings (SSSR count). The summed E-state index contributed by atoms with van der Waals surface area (Å²) in [6.45, 7) is 3.61. The van der Waals surface area contributed by atoms with E-state index >= 15 is 0 Å². The second-order valence-corrected chi connectivity index (χ2v) is 8.71. The molecule has 2 aliphatic heterocycles. The number of benzene rings is 2. The number of piperidine rings is 2. The van der Waals surface area contributed by atoms with Gasteiger partial charge in [0.05, 0.1) is 10.9 Å². The van der Waals surface area contributed by atoms with Crippen molar-refractivity contribution < 1.29 is 14.4 Å². The van der Waals surface area contributed by atoms with Crippen LogP contribution in [0.5, 0.6) is 0 Å². The quantitative estimate of drug-likeness (QED) is 0.744. The van der Waals surface area contributed by atoms with Gasteiger partial charge in [0.15, 0.2) is 0 Å². The molecule has 3 amide bonds. The molecule has 1 N–H and O–H groups in total. The Balaban J connectivity index is 1.54. The van der Waals surface area contributed by atoms with E-state index in [1.807, 2.05) is 47.4 Å². The van der Waals surface area contributed by atoms with Gasteiger partial charge < -0.3 is 4.90 Å². The number of nitrogens with zero attached hydrogens (tertiary/aromatic N) is 1. The summed E-state index contributed by atoms with van der Waals surface area (Å²) >= 11 is 6.69. The molecular weight excluding hydrogens is 400 g/mol. The summed E-state index contributed by atoms with van der Waals surface area (Å²) in [6.07, 6.45) is 2.38.